The van der Waals surface area contributed by atoms with Gasteiger partial charge >= 0.3 is 12.1 Å². The maximum atomic E-state index is 11.9. The topological polar surface area (TPSA) is 73.7 Å². The van der Waals surface area contributed by atoms with Gasteiger partial charge in [0.15, 0.2) is 0 Å². The first-order valence-electron chi connectivity index (χ1n) is 10.6. The quantitative estimate of drug-likeness (QED) is 0.763. The van der Waals surface area contributed by atoms with Gasteiger partial charge in [0.2, 0.25) is 5.91 Å². The van der Waals surface area contributed by atoms with E-state index in [0.717, 1.165) is 13.0 Å². The van der Waals surface area contributed by atoms with Crippen LogP contribution in [0.4, 0.5) is 13.2 Å². The molecule has 0 radical (unpaired) electrons. The molecule has 1 aromatic heterocycles. The number of halogens is 3. The zero-order chi connectivity index (χ0) is 23.1. The van der Waals surface area contributed by atoms with E-state index in [-0.39, 0.29) is 0 Å². The molecule has 1 saturated heterocycles. The van der Waals surface area contributed by atoms with Gasteiger partial charge in [0.05, 0.1) is 5.69 Å². The van der Waals surface area contributed by atoms with Gasteiger partial charge in [-0.25, -0.2) is 4.79 Å². The molecule has 2 fully saturated rings. The molecule has 1 aliphatic carbocycles. The van der Waals surface area contributed by atoms with E-state index in [2.05, 4.69) is 22.0 Å². The summed E-state index contributed by atoms with van der Waals surface area (Å²) in [7, 11) is 3.73. The second-order valence-electron chi connectivity index (χ2n) is 8.84. The van der Waals surface area contributed by atoms with Crippen LogP contribution in [0, 0.1) is 11.3 Å². The van der Waals surface area contributed by atoms with E-state index in [9.17, 15) is 18.0 Å². The Hall–Kier alpha value is -2.16. The lowest BCUT2D eigenvalue weighted by molar-refractivity contribution is -0.192. The summed E-state index contributed by atoms with van der Waals surface area (Å²) in [6.45, 7) is 3.37. The summed E-state index contributed by atoms with van der Waals surface area (Å²) in [5, 5.41) is 7.12. The lowest BCUT2D eigenvalue weighted by atomic mass is 9.65. The van der Waals surface area contributed by atoms with Crippen molar-refractivity contribution in [2.24, 2.45) is 11.3 Å². The van der Waals surface area contributed by atoms with Gasteiger partial charge in [-0.3, -0.25) is 14.7 Å². The highest BCUT2D eigenvalue weighted by Gasteiger charge is 2.39. The molecule has 1 N–H and O–H groups in total. The number of hydrogen-bond donors (Lipinski definition) is 1. The first kappa shape index (κ1) is 25.1. The number of likely N-dealkylation sites (tertiary alicyclic amines) is 1. The standard InChI is InChI=1S/C20H31N3O.C2HF3O2/c1-22(2)19(24)15-17-6-8-20(9-7-17)10-13-23(14-11-20)16-18-5-3-4-12-21-18;3-2(4,5)1(6)7/h3-5,12,17H,6-11,13-16H2,1-2H3;(H,6,7). The number of carbonyl (C=O) groups is 2. The number of carbonyl (C=O) groups excluding carboxylic acids is 1. The summed E-state index contributed by atoms with van der Waals surface area (Å²) in [6, 6.07) is 6.18. The van der Waals surface area contributed by atoms with Crippen molar-refractivity contribution in [3.63, 3.8) is 0 Å². The number of hydrogen-bond acceptors (Lipinski definition) is 4. The van der Waals surface area contributed by atoms with Crippen LogP contribution in [-0.4, -0.2) is 65.1 Å². The summed E-state index contributed by atoms with van der Waals surface area (Å²) in [5.74, 6) is -1.86. The highest BCUT2D eigenvalue weighted by molar-refractivity contribution is 5.75. The summed E-state index contributed by atoms with van der Waals surface area (Å²) in [5.41, 5.74) is 1.73. The molecule has 2 aliphatic rings. The summed E-state index contributed by atoms with van der Waals surface area (Å²) >= 11 is 0. The second-order valence-corrected chi connectivity index (χ2v) is 8.84. The Morgan fingerprint density at radius 1 is 1.16 bits per heavy atom. The van der Waals surface area contributed by atoms with Crippen molar-refractivity contribution in [2.75, 3.05) is 27.2 Å². The van der Waals surface area contributed by atoms with Gasteiger partial charge in [0, 0.05) is 33.3 Å². The largest absolute Gasteiger partial charge is 0.490 e. The molecule has 1 aliphatic heterocycles. The zero-order valence-corrected chi connectivity index (χ0v) is 18.2. The molecule has 174 valence electrons. The Morgan fingerprint density at radius 2 is 1.74 bits per heavy atom. The summed E-state index contributed by atoms with van der Waals surface area (Å²) in [4.78, 5) is 29.5. The van der Waals surface area contributed by atoms with Gasteiger partial charge < -0.3 is 10.0 Å². The predicted octanol–water partition coefficient (Wildman–Crippen LogP) is 3.97. The van der Waals surface area contributed by atoms with Gasteiger partial charge in [0.1, 0.15) is 0 Å². The van der Waals surface area contributed by atoms with E-state index in [0.29, 0.717) is 17.2 Å². The van der Waals surface area contributed by atoms with Crippen molar-refractivity contribution in [2.45, 2.75) is 57.7 Å². The third-order valence-electron chi connectivity index (χ3n) is 6.40. The van der Waals surface area contributed by atoms with Gasteiger partial charge in [-0.05, 0) is 75.1 Å². The van der Waals surface area contributed by atoms with Gasteiger partial charge in [-0.2, -0.15) is 13.2 Å². The van der Waals surface area contributed by atoms with E-state index in [1.807, 2.05) is 26.4 Å². The van der Waals surface area contributed by atoms with Crippen LogP contribution in [0.3, 0.4) is 0 Å². The van der Waals surface area contributed by atoms with Crippen LogP contribution in [0.2, 0.25) is 0 Å². The number of pyridine rings is 1. The lowest BCUT2D eigenvalue weighted by Gasteiger charge is -2.46. The molecule has 31 heavy (non-hydrogen) atoms. The number of rotatable bonds is 4. The van der Waals surface area contributed by atoms with Crippen LogP contribution >= 0.6 is 0 Å². The lowest BCUT2D eigenvalue weighted by Crippen LogP contribution is -2.42. The second kappa shape index (κ2) is 10.9. The molecule has 0 aromatic carbocycles. The van der Waals surface area contributed by atoms with Crippen LogP contribution in [0.25, 0.3) is 0 Å². The van der Waals surface area contributed by atoms with Crippen LogP contribution in [0.15, 0.2) is 24.4 Å². The molecule has 6 nitrogen and oxygen atoms in total. The Morgan fingerprint density at radius 3 is 2.19 bits per heavy atom. The number of aliphatic carboxylic acids is 1. The molecule has 1 spiro atoms. The Bertz CT molecular complexity index is 708. The van der Waals surface area contributed by atoms with Crippen molar-refractivity contribution < 1.29 is 27.9 Å². The van der Waals surface area contributed by atoms with E-state index < -0.39 is 12.1 Å². The third kappa shape index (κ3) is 8.12. The average molecular weight is 444 g/mol. The molecular weight excluding hydrogens is 411 g/mol. The monoisotopic (exact) mass is 443 g/mol. The zero-order valence-electron chi connectivity index (χ0n) is 18.2. The van der Waals surface area contributed by atoms with E-state index in [4.69, 9.17) is 9.90 Å². The summed E-state index contributed by atoms with van der Waals surface area (Å²) in [6.07, 6.45) is 5.28. The maximum Gasteiger partial charge on any atom is 0.490 e. The predicted molar refractivity (Wildman–Crippen MR) is 110 cm³/mol. The van der Waals surface area contributed by atoms with Crippen molar-refractivity contribution in [3.05, 3.63) is 30.1 Å². The molecule has 0 unspecified atom stereocenters. The fourth-order valence-corrected chi connectivity index (χ4v) is 4.33. The van der Waals surface area contributed by atoms with E-state index >= 15 is 0 Å². The van der Waals surface area contributed by atoms with E-state index in [1.165, 1.54) is 57.3 Å². The minimum atomic E-state index is -5.08. The van der Waals surface area contributed by atoms with Crippen LogP contribution < -0.4 is 0 Å². The smallest absolute Gasteiger partial charge is 0.475 e. The number of amides is 1. The Balaban J connectivity index is 0.000000423. The highest BCUT2D eigenvalue weighted by atomic mass is 19.4. The van der Waals surface area contributed by atoms with Crippen molar-refractivity contribution in [1.29, 1.82) is 0 Å². The molecular formula is C22H32F3N3O3. The molecule has 1 amide bonds. The minimum absolute atomic E-state index is 0.293. The molecule has 3 rings (SSSR count). The number of carboxylic acid groups (broad SMARTS) is 1. The SMILES string of the molecule is CN(C)C(=O)CC1CCC2(CC1)CCN(Cc1ccccn1)CC2.O=C(O)C(F)(F)F. The van der Waals surface area contributed by atoms with Gasteiger partial charge in [0.25, 0.3) is 0 Å². The van der Waals surface area contributed by atoms with Crippen LogP contribution in [-0.2, 0) is 16.1 Å². The van der Waals surface area contributed by atoms with Crippen molar-refractivity contribution in [1.82, 2.24) is 14.8 Å². The van der Waals surface area contributed by atoms with Crippen molar-refractivity contribution in [3.8, 4) is 0 Å². The minimum Gasteiger partial charge on any atom is -0.475 e. The molecule has 0 atom stereocenters. The number of aromatic nitrogens is 1. The van der Waals surface area contributed by atoms with Gasteiger partial charge in [-0.15, -0.1) is 0 Å². The normalized spacial score (nSPS) is 19.4. The third-order valence-corrected chi connectivity index (χ3v) is 6.40. The molecule has 9 heteroatoms. The fourth-order valence-electron chi connectivity index (χ4n) is 4.33. The first-order chi connectivity index (χ1) is 14.5. The van der Waals surface area contributed by atoms with Crippen LogP contribution in [0.5, 0.6) is 0 Å². The maximum absolute atomic E-state index is 11.9. The number of alkyl halides is 3. The molecule has 1 saturated carbocycles. The summed E-state index contributed by atoms with van der Waals surface area (Å²) < 4.78 is 31.7. The van der Waals surface area contributed by atoms with E-state index in [1.54, 1.807) is 4.90 Å². The highest BCUT2D eigenvalue weighted by Crippen LogP contribution is 2.47. The molecule has 2 heterocycles. The average Bonchev–Trinajstić information content (AvgIpc) is 2.72. The number of nitrogens with zero attached hydrogens (tertiary/aromatic N) is 3. The fraction of sp³-hybridized carbons (Fsp3) is 0.682. The molecule has 0 bridgehead atoms. The molecule has 1 aromatic rings. The Kier molecular flexibility index (Phi) is 8.85. The number of carboxylic acids is 1. The number of piperidine rings is 1. The van der Waals surface area contributed by atoms with Gasteiger partial charge in [-0.1, -0.05) is 6.07 Å². The Labute approximate surface area is 181 Å². The van der Waals surface area contributed by atoms with Crippen LogP contribution in [0.1, 0.15) is 50.6 Å². The van der Waals surface area contributed by atoms with Crippen molar-refractivity contribution >= 4 is 11.9 Å². The first-order valence-corrected chi connectivity index (χ1v) is 10.6.